The maximum absolute atomic E-state index is 12.0. The van der Waals surface area contributed by atoms with E-state index < -0.39 is 0 Å². The molecule has 1 aromatic carbocycles. The van der Waals surface area contributed by atoms with Gasteiger partial charge in [-0.05, 0) is 12.5 Å². The van der Waals surface area contributed by atoms with Gasteiger partial charge in [0.05, 0.1) is 0 Å². The van der Waals surface area contributed by atoms with Crippen LogP contribution in [0.2, 0.25) is 0 Å². The van der Waals surface area contributed by atoms with Gasteiger partial charge in [0.2, 0.25) is 5.91 Å². The first-order chi connectivity index (χ1) is 10.7. The van der Waals surface area contributed by atoms with Crippen molar-refractivity contribution in [2.75, 3.05) is 0 Å². The van der Waals surface area contributed by atoms with Gasteiger partial charge in [-0.3, -0.25) is 14.3 Å². The van der Waals surface area contributed by atoms with Gasteiger partial charge in [-0.1, -0.05) is 30.3 Å². The number of carbonyl (C=O) groups is 2. The van der Waals surface area contributed by atoms with E-state index in [1.54, 1.807) is 18.3 Å². The fraction of sp³-hybridized carbons (Fsp3) is 0.353. The summed E-state index contributed by atoms with van der Waals surface area (Å²) in [6, 6.07) is 11.2. The third kappa shape index (κ3) is 3.42. The first-order valence-corrected chi connectivity index (χ1v) is 7.60. The minimum absolute atomic E-state index is 0.0115. The van der Waals surface area contributed by atoms with Crippen LogP contribution in [0.15, 0.2) is 42.6 Å². The molecule has 0 radical (unpaired) electrons. The van der Waals surface area contributed by atoms with Gasteiger partial charge in [0, 0.05) is 49.3 Å². The van der Waals surface area contributed by atoms with Crippen molar-refractivity contribution in [3.05, 3.63) is 53.9 Å². The van der Waals surface area contributed by atoms with E-state index in [2.05, 4.69) is 10.4 Å². The standard InChI is InChI=1S/C17H19N3O2/c21-16(13-4-2-1-3-5-13)6-7-17(22)19-14-9-11-20-15(12-14)8-10-18-20/h1-5,8,10,14H,6-7,9,11-12H2,(H,19,22)/t14-/m1/s1. The average Bonchev–Trinajstić information content (AvgIpc) is 3.01. The second-order valence-corrected chi connectivity index (χ2v) is 5.59. The molecule has 0 saturated carbocycles. The van der Waals surface area contributed by atoms with Crippen molar-refractivity contribution in [3.8, 4) is 0 Å². The smallest absolute Gasteiger partial charge is 0.220 e. The monoisotopic (exact) mass is 297 g/mol. The van der Waals surface area contributed by atoms with Gasteiger partial charge < -0.3 is 5.32 Å². The highest BCUT2D eigenvalue weighted by atomic mass is 16.2. The number of hydrogen-bond acceptors (Lipinski definition) is 3. The van der Waals surface area contributed by atoms with Gasteiger partial charge in [-0.15, -0.1) is 0 Å². The van der Waals surface area contributed by atoms with Crippen molar-refractivity contribution >= 4 is 11.7 Å². The first-order valence-electron chi connectivity index (χ1n) is 7.60. The van der Waals surface area contributed by atoms with E-state index in [0.29, 0.717) is 5.56 Å². The second-order valence-electron chi connectivity index (χ2n) is 5.59. The number of nitrogens with zero attached hydrogens (tertiary/aromatic N) is 2. The Balaban J connectivity index is 1.46. The van der Waals surface area contributed by atoms with E-state index in [1.807, 2.05) is 28.9 Å². The summed E-state index contributed by atoms with van der Waals surface area (Å²) in [5, 5.41) is 7.25. The van der Waals surface area contributed by atoms with E-state index in [1.165, 1.54) is 0 Å². The van der Waals surface area contributed by atoms with Crippen molar-refractivity contribution < 1.29 is 9.59 Å². The Kier molecular flexibility index (Phi) is 4.32. The summed E-state index contributed by atoms with van der Waals surface area (Å²) in [7, 11) is 0. The normalized spacial score (nSPS) is 16.8. The van der Waals surface area contributed by atoms with Crippen LogP contribution >= 0.6 is 0 Å². The van der Waals surface area contributed by atoms with Crippen LogP contribution in [-0.4, -0.2) is 27.5 Å². The second kappa shape index (κ2) is 6.56. The van der Waals surface area contributed by atoms with Crippen LogP contribution in [0.3, 0.4) is 0 Å². The molecule has 5 nitrogen and oxygen atoms in total. The largest absolute Gasteiger partial charge is 0.353 e. The molecule has 1 amide bonds. The molecule has 114 valence electrons. The Hall–Kier alpha value is -2.43. The molecule has 0 unspecified atom stereocenters. The lowest BCUT2D eigenvalue weighted by molar-refractivity contribution is -0.121. The van der Waals surface area contributed by atoms with Crippen LogP contribution in [0.1, 0.15) is 35.3 Å². The molecule has 0 spiro atoms. The van der Waals surface area contributed by atoms with Crippen LogP contribution in [0.4, 0.5) is 0 Å². The molecule has 22 heavy (non-hydrogen) atoms. The van der Waals surface area contributed by atoms with Gasteiger partial charge in [0.15, 0.2) is 5.78 Å². The topological polar surface area (TPSA) is 64.0 Å². The molecule has 0 bridgehead atoms. The number of ketones is 1. The quantitative estimate of drug-likeness (QED) is 0.858. The molecule has 1 aliphatic rings. The van der Waals surface area contributed by atoms with Crippen molar-refractivity contribution in [1.29, 1.82) is 0 Å². The van der Waals surface area contributed by atoms with Gasteiger partial charge in [0.25, 0.3) is 0 Å². The van der Waals surface area contributed by atoms with Gasteiger partial charge >= 0.3 is 0 Å². The zero-order chi connectivity index (χ0) is 15.4. The number of benzene rings is 1. The maximum atomic E-state index is 12.0. The van der Waals surface area contributed by atoms with Crippen LogP contribution in [0.5, 0.6) is 0 Å². The van der Waals surface area contributed by atoms with E-state index in [9.17, 15) is 9.59 Å². The third-order valence-corrected chi connectivity index (χ3v) is 3.99. The number of Topliss-reactive ketones (excluding diaryl/α,β-unsaturated/α-hetero) is 1. The lowest BCUT2D eigenvalue weighted by atomic mass is 10.0. The van der Waals surface area contributed by atoms with Gasteiger partial charge in [-0.25, -0.2) is 0 Å². The molecule has 1 atom stereocenters. The summed E-state index contributed by atoms with van der Waals surface area (Å²) >= 11 is 0. The highest BCUT2D eigenvalue weighted by molar-refractivity contribution is 5.97. The molecular weight excluding hydrogens is 278 g/mol. The number of aryl methyl sites for hydroxylation is 1. The number of carbonyl (C=O) groups excluding carboxylic acids is 2. The molecule has 3 rings (SSSR count). The van der Waals surface area contributed by atoms with Crippen LogP contribution < -0.4 is 5.32 Å². The lowest BCUT2D eigenvalue weighted by Crippen LogP contribution is -2.40. The van der Waals surface area contributed by atoms with Crippen LogP contribution in [-0.2, 0) is 17.8 Å². The predicted octanol–water partition coefficient (Wildman–Crippen LogP) is 1.98. The molecule has 0 fully saturated rings. The Morgan fingerprint density at radius 2 is 2.00 bits per heavy atom. The molecule has 0 aliphatic carbocycles. The van der Waals surface area contributed by atoms with E-state index in [-0.39, 0.29) is 30.6 Å². The van der Waals surface area contributed by atoms with Crippen molar-refractivity contribution in [2.24, 2.45) is 0 Å². The molecule has 1 aliphatic heterocycles. The fourth-order valence-electron chi connectivity index (χ4n) is 2.79. The Bertz CT molecular complexity index is 664. The Morgan fingerprint density at radius 1 is 1.18 bits per heavy atom. The van der Waals surface area contributed by atoms with Crippen molar-refractivity contribution in [3.63, 3.8) is 0 Å². The summed E-state index contributed by atoms with van der Waals surface area (Å²) in [6.45, 7) is 0.830. The highest BCUT2D eigenvalue weighted by Crippen LogP contribution is 2.14. The number of nitrogens with one attached hydrogen (secondary N) is 1. The van der Waals surface area contributed by atoms with E-state index in [0.717, 1.165) is 25.1 Å². The number of rotatable bonds is 5. The zero-order valence-corrected chi connectivity index (χ0v) is 12.4. The summed E-state index contributed by atoms with van der Waals surface area (Å²) < 4.78 is 1.97. The van der Waals surface area contributed by atoms with Crippen molar-refractivity contribution in [2.45, 2.75) is 38.3 Å². The minimum atomic E-state index is -0.0535. The summed E-state index contributed by atoms with van der Waals surface area (Å²) in [6.07, 6.45) is 3.97. The number of aromatic nitrogens is 2. The summed E-state index contributed by atoms with van der Waals surface area (Å²) in [5.41, 5.74) is 1.81. The summed E-state index contributed by atoms with van der Waals surface area (Å²) in [4.78, 5) is 24.0. The highest BCUT2D eigenvalue weighted by Gasteiger charge is 2.20. The van der Waals surface area contributed by atoms with Crippen LogP contribution in [0, 0.1) is 0 Å². The average molecular weight is 297 g/mol. The molecule has 1 N–H and O–H groups in total. The van der Waals surface area contributed by atoms with Crippen molar-refractivity contribution in [1.82, 2.24) is 15.1 Å². The Labute approximate surface area is 129 Å². The van der Waals surface area contributed by atoms with E-state index in [4.69, 9.17) is 0 Å². The van der Waals surface area contributed by atoms with Gasteiger partial charge in [0.1, 0.15) is 0 Å². The molecule has 2 aromatic rings. The molecular formula is C17H19N3O2. The molecule has 5 heteroatoms. The zero-order valence-electron chi connectivity index (χ0n) is 12.4. The SMILES string of the molecule is O=C(CCC(=O)c1ccccc1)N[C@@H]1CCn2nccc2C1. The predicted molar refractivity (Wildman–Crippen MR) is 82.5 cm³/mol. The maximum Gasteiger partial charge on any atom is 0.220 e. The first kappa shape index (κ1) is 14.5. The summed E-state index contributed by atoms with van der Waals surface area (Å²) in [5.74, 6) is -0.0419. The Morgan fingerprint density at radius 3 is 2.82 bits per heavy atom. The lowest BCUT2D eigenvalue weighted by Gasteiger charge is -2.24. The fourth-order valence-corrected chi connectivity index (χ4v) is 2.79. The molecule has 2 heterocycles. The minimum Gasteiger partial charge on any atom is -0.353 e. The molecule has 0 saturated heterocycles. The van der Waals surface area contributed by atoms with Gasteiger partial charge in [-0.2, -0.15) is 5.10 Å². The van der Waals surface area contributed by atoms with E-state index >= 15 is 0 Å². The number of fused-ring (bicyclic) bond motifs is 1. The number of amides is 1. The van der Waals surface area contributed by atoms with Crippen LogP contribution in [0.25, 0.3) is 0 Å². The third-order valence-electron chi connectivity index (χ3n) is 3.99. The molecule has 1 aromatic heterocycles. The number of hydrogen-bond donors (Lipinski definition) is 1.